The van der Waals surface area contributed by atoms with Gasteiger partial charge in [0.2, 0.25) is 0 Å². The molecule has 7 nitrogen and oxygen atoms in total. The molecule has 1 aromatic carbocycles. The lowest BCUT2D eigenvalue weighted by Gasteiger charge is -2.28. The maximum atomic E-state index is 13.7. The summed E-state index contributed by atoms with van der Waals surface area (Å²) in [6.45, 7) is 0. The summed E-state index contributed by atoms with van der Waals surface area (Å²) >= 11 is 0. The number of rotatable bonds is 6. The molecule has 0 saturated heterocycles. The van der Waals surface area contributed by atoms with Gasteiger partial charge < -0.3 is 25.2 Å². The molecule has 1 aliphatic rings. The summed E-state index contributed by atoms with van der Waals surface area (Å²) in [5.74, 6) is -2.03. The highest BCUT2D eigenvalue weighted by Crippen LogP contribution is 2.29. The lowest BCUT2D eigenvalue weighted by molar-refractivity contribution is -0.138. The number of ether oxygens (including phenoxy) is 2. The second-order valence-corrected chi connectivity index (χ2v) is 6.04. The molecule has 0 aliphatic heterocycles. The first-order chi connectivity index (χ1) is 12.4. The molecule has 0 bridgehead atoms. The van der Waals surface area contributed by atoms with Crippen molar-refractivity contribution in [2.75, 3.05) is 24.9 Å². The molecule has 0 unspecified atom stereocenters. The van der Waals surface area contributed by atoms with E-state index in [-0.39, 0.29) is 23.5 Å². The molecule has 1 fully saturated rings. The number of aliphatic hydroxyl groups is 1. The third-order valence-electron chi connectivity index (χ3n) is 4.18. The Hall–Kier alpha value is -2.61. The van der Waals surface area contributed by atoms with Gasteiger partial charge >= 0.3 is 11.9 Å². The average Bonchev–Trinajstić information content (AvgIpc) is 2.64. The van der Waals surface area contributed by atoms with Crippen LogP contribution >= 0.6 is 0 Å². The van der Waals surface area contributed by atoms with Gasteiger partial charge in [0.25, 0.3) is 0 Å². The number of aliphatic hydroxyl groups excluding tert-OH is 1. The first-order valence-corrected chi connectivity index (χ1v) is 8.32. The predicted octanol–water partition coefficient (Wildman–Crippen LogP) is 2.18. The lowest BCUT2D eigenvalue weighted by atomic mass is 9.93. The van der Waals surface area contributed by atoms with E-state index in [0.29, 0.717) is 18.5 Å². The van der Waals surface area contributed by atoms with Crippen LogP contribution < -0.4 is 10.6 Å². The standard InChI is InChI=1S/C18H23FN2O5/c1-25-17(23)10-16(18(24)26-2)21-15-9-11(19)3-8-14(15)20-12-4-6-13(22)7-5-12/h3,8-10,12-13,20-22H,4-7H2,1-2H3/b16-10+. The molecule has 0 radical (unpaired) electrons. The van der Waals surface area contributed by atoms with Crippen LogP contribution in [-0.2, 0) is 19.1 Å². The van der Waals surface area contributed by atoms with E-state index in [2.05, 4.69) is 20.1 Å². The van der Waals surface area contributed by atoms with Crippen molar-refractivity contribution in [1.29, 1.82) is 0 Å². The fourth-order valence-electron chi connectivity index (χ4n) is 2.76. The van der Waals surface area contributed by atoms with Gasteiger partial charge in [0, 0.05) is 6.04 Å². The Kier molecular flexibility index (Phi) is 6.97. The van der Waals surface area contributed by atoms with Crippen molar-refractivity contribution in [2.45, 2.75) is 37.8 Å². The number of nitrogens with one attached hydrogen (secondary N) is 2. The van der Waals surface area contributed by atoms with Crippen molar-refractivity contribution in [3.8, 4) is 0 Å². The molecule has 0 aromatic heterocycles. The maximum Gasteiger partial charge on any atom is 0.354 e. The van der Waals surface area contributed by atoms with Crippen molar-refractivity contribution < 1.29 is 28.6 Å². The van der Waals surface area contributed by atoms with Crippen LogP contribution in [0.1, 0.15) is 25.7 Å². The zero-order valence-electron chi connectivity index (χ0n) is 14.8. The van der Waals surface area contributed by atoms with E-state index in [1.54, 1.807) is 6.07 Å². The third-order valence-corrected chi connectivity index (χ3v) is 4.18. The molecular weight excluding hydrogens is 343 g/mol. The summed E-state index contributed by atoms with van der Waals surface area (Å²) < 4.78 is 22.9. The Bertz CT molecular complexity index is 684. The van der Waals surface area contributed by atoms with E-state index in [1.165, 1.54) is 26.4 Å². The topological polar surface area (TPSA) is 96.9 Å². The summed E-state index contributed by atoms with van der Waals surface area (Å²) in [6, 6.07) is 4.19. The summed E-state index contributed by atoms with van der Waals surface area (Å²) in [6.07, 6.45) is 3.60. The molecule has 0 spiro atoms. The number of carbonyl (C=O) groups excluding carboxylic acids is 2. The quantitative estimate of drug-likeness (QED) is 0.524. The molecule has 2 rings (SSSR count). The molecule has 0 amide bonds. The van der Waals surface area contributed by atoms with E-state index in [0.717, 1.165) is 18.9 Å². The molecule has 1 aliphatic carbocycles. The van der Waals surface area contributed by atoms with E-state index in [9.17, 15) is 19.1 Å². The van der Waals surface area contributed by atoms with Crippen molar-refractivity contribution in [2.24, 2.45) is 0 Å². The van der Waals surface area contributed by atoms with Gasteiger partial charge in [-0.3, -0.25) is 0 Å². The molecular formula is C18H23FN2O5. The molecule has 26 heavy (non-hydrogen) atoms. The zero-order valence-corrected chi connectivity index (χ0v) is 14.8. The highest BCUT2D eigenvalue weighted by Gasteiger charge is 2.21. The van der Waals surface area contributed by atoms with E-state index in [4.69, 9.17) is 0 Å². The van der Waals surface area contributed by atoms with Crippen molar-refractivity contribution in [3.63, 3.8) is 0 Å². The van der Waals surface area contributed by atoms with Gasteiger partial charge in [0.05, 0.1) is 37.8 Å². The normalized spacial score (nSPS) is 20.2. The maximum absolute atomic E-state index is 13.7. The number of methoxy groups -OCH3 is 2. The van der Waals surface area contributed by atoms with Crippen LogP contribution in [0, 0.1) is 5.82 Å². The number of hydrogen-bond acceptors (Lipinski definition) is 7. The van der Waals surface area contributed by atoms with Gasteiger partial charge in [0.1, 0.15) is 11.5 Å². The summed E-state index contributed by atoms with van der Waals surface area (Å²) in [7, 11) is 2.35. The van der Waals surface area contributed by atoms with Crippen LogP contribution in [0.3, 0.4) is 0 Å². The average molecular weight is 366 g/mol. The molecule has 8 heteroatoms. The van der Waals surface area contributed by atoms with Gasteiger partial charge in [-0.25, -0.2) is 14.0 Å². The number of esters is 2. The van der Waals surface area contributed by atoms with Crippen LogP contribution in [0.25, 0.3) is 0 Å². The first kappa shape index (κ1) is 19.7. The van der Waals surface area contributed by atoms with Crippen molar-refractivity contribution in [1.82, 2.24) is 0 Å². The fraction of sp³-hybridized carbons (Fsp3) is 0.444. The molecule has 0 atom stereocenters. The lowest BCUT2D eigenvalue weighted by Crippen LogP contribution is -2.28. The number of hydrogen-bond donors (Lipinski definition) is 3. The molecule has 0 heterocycles. The van der Waals surface area contributed by atoms with Gasteiger partial charge in [-0.05, 0) is 43.9 Å². The van der Waals surface area contributed by atoms with Gasteiger partial charge in [-0.15, -0.1) is 0 Å². The summed E-state index contributed by atoms with van der Waals surface area (Å²) in [4.78, 5) is 23.4. The van der Waals surface area contributed by atoms with E-state index >= 15 is 0 Å². The highest BCUT2D eigenvalue weighted by atomic mass is 19.1. The molecule has 3 N–H and O–H groups in total. The van der Waals surface area contributed by atoms with Crippen LogP contribution in [-0.4, -0.2) is 43.4 Å². The monoisotopic (exact) mass is 366 g/mol. The Morgan fingerprint density at radius 3 is 2.46 bits per heavy atom. The number of carbonyl (C=O) groups is 2. The van der Waals surface area contributed by atoms with Crippen LogP contribution in [0.5, 0.6) is 0 Å². The second-order valence-electron chi connectivity index (χ2n) is 6.04. The first-order valence-electron chi connectivity index (χ1n) is 8.32. The van der Waals surface area contributed by atoms with E-state index < -0.39 is 17.8 Å². The largest absolute Gasteiger partial charge is 0.466 e. The van der Waals surface area contributed by atoms with E-state index in [1.807, 2.05) is 0 Å². The van der Waals surface area contributed by atoms with Gasteiger partial charge in [0.15, 0.2) is 0 Å². The highest BCUT2D eigenvalue weighted by molar-refractivity contribution is 5.99. The number of halogens is 1. The minimum atomic E-state index is -0.786. The third kappa shape index (κ3) is 5.45. The minimum Gasteiger partial charge on any atom is -0.466 e. The Morgan fingerprint density at radius 2 is 1.85 bits per heavy atom. The fourth-order valence-corrected chi connectivity index (χ4v) is 2.76. The Balaban J connectivity index is 2.23. The molecule has 1 saturated carbocycles. The van der Waals surface area contributed by atoms with Crippen molar-refractivity contribution in [3.05, 3.63) is 35.8 Å². The number of anilines is 2. The van der Waals surface area contributed by atoms with Crippen LogP contribution in [0.2, 0.25) is 0 Å². The predicted molar refractivity (Wildman–Crippen MR) is 94.0 cm³/mol. The summed E-state index contributed by atoms with van der Waals surface area (Å²) in [5, 5.41) is 15.6. The SMILES string of the molecule is COC(=O)/C=C(/Nc1cc(F)ccc1NC1CCC(O)CC1)C(=O)OC. The minimum absolute atomic E-state index is 0.121. The second kappa shape index (κ2) is 9.19. The van der Waals surface area contributed by atoms with Gasteiger partial charge in [-0.1, -0.05) is 0 Å². The van der Waals surface area contributed by atoms with Gasteiger partial charge in [-0.2, -0.15) is 0 Å². The van der Waals surface area contributed by atoms with Crippen LogP contribution in [0.15, 0.2) is 30.0 Å². The Morgan fingerprint density at radius 1 is 1.15 bits per heavy atom. The van der Waals surface area contributed by atoms with Crippen molar-refractivity contribution >= 4 is 23.3 Å². The molecule has 1 aromatic rings. The number of benzene rings is 1. The van der Waals surface area contributed by atoms with Crippen LogP contribution in [0.4, 0.5) is 15.8 Å². The zero-order chi connectivity index (χ0) is 19.1. The molecule has 142 valence electrons. The Labute approximate surface area is 151 Å². The summed E-state index contributed by atoms with van der Waals surface area (Å²) in [5.41, 5.74) is 0.691. The smallest absolute Gasteiger partial charge is 0.354 e.